The molecule has 1 saturated carbocycles. The van der Waals surface area contributed by atoms with E-state index in [4.69, 9.17) is 0 Å². The third kappa shape index (κ3) is 3.95. The number of nitrogens with one attached hydrogen (secondary N) is 1. The average molecular weight is 266 g/mol. The molecule has 1 N–H and O–H groups in total. The molecule has 0 aromatic heterocycles. The highest BCUT2D eigenvalue weighted by atomic mass is 16.2. The molecule has 1 aliphatic heterocycles. The maximum absolute atomic E-state index is 12.1. The minimum Gasteiger partial charge on any atom is -0.359 e. The first-order valence-electron chi connectivity index (χ1n) is 7.70. The number of nitrogens with zero attached hydrogens (tertiary/aromatic N) is 1. The Kier molecular flexibility index (Phi) is 5.23. The molecule has 1 aliphatic carbocycles. The van der Waals surface area contributed by atoms with Gasteiger partial charge in [-0.1, -0.05) is 25.7 Å². The van der Waals surface area contributed by atoms with E-state index in [2.05, 4.69) is 5.32 Å². The first-order valence-corrected chi connectivity index (χ1v) is 7.70. The smallest absolute Gasteiger partial charge is 0.222 e. The van der Waals surface area contributed by atoms with Crippen LogP contribution in [0.15, 0.2) is 0 Å². The van der Waals surface area contributed by atoms with Crippen molar-refractivity contribution in [3.8, 4) is 0 Å². The molecule has 0 radical (unpaired) electrons. The highest BCUT2D eigenvalue weighted by molar-refractivity contribution is 5.79. The van der Waals surface area contributed by atoms with E-state index >= 15 is 0 Å². The van der Waals surface area contributed by atoms with E-state index in [0.29, 0.717) is 12.3 Å². The van der Waals surface area contributed by atoms with Crippen LogP contribution in [0.3, 0.4) is 0 Å². The van der Waals surface area contributed by atoms with E-state index in [-0.39, 0.29) is 11.8 Å². The maximum Gasteiger partial charge on any atom is 0.222 e. The van der Waals surface area contributed by atoms with Crippen molar-refractivity contribution >= 4 is 11.8 Å². The monoisotopic (exact) mass is 266 g/mol. The van der Waals surface area contributed by atoms with Crippen LogP contribution in [0.25, 0.3) is 0 Å². The largest absolute Gasteiger partial charge is 0.359 e. The highest BCUT2D eigenvalue weighted by Gasteiger charge is 2.27. The van der Waals surface area contributed by atoms with Gasteiger partial charge in [0.1, 0.15) is 0 Å². The third-order valence-electron chi connectivity index (χ3n) is 4.71. The van der Waals surface area contributed by atoms with Gasteiger partial charge in [0.25, 0.3) is 0 Å². The number of likely N-dealkylation sites (tertiary alicyclic amines) is 1. The van der Waals surface area contributed by atoms with Gasteiger partial charge in [0.15, 0.2) is 0 Å². The van der Waals surface area contributed by atoms with Crippen molar-refractivity contribution in [3.63, 3.8) is 0 Å². The fourth-order valence-electron chi connectivity index (χ4n) is 3.38. The number of amides is 2. The van der Waals surface area contributed by atoms with Crippen LogP contribution < -0.4 is 5.32 Å². The summed E-state index contributed by atoms with van der Waals surface area (Å²) in [6, 6.07) is 0. The summed E-state index contributed by atoms with van der Waals surface area (Å²) in [5, 5.41) is 2.70. The zero-order valence-corrected chi connectivity index (χ0v) is 12.0. The van der Waals surface area contributed by atoms with Gasteiger partial charge in [-0.2, -0.15) is 0 Å². The van der Waals surface area contributed by atoms with E-state index in [0.717, 1.165) is 38.3 Å². The summed E-state index contributed by atoms with van der Waals surface area (Å²) in [6.07, 6.45) is 8.71. The molecule has 0 aromatic carbocycles. The molecule has 19 heavy (non-hydrogen) atoms. The average Bonchev–Trinajstić information content (AvgIpc) is 2.97. The summed E-state index contributed by atoms with van der Waals surface area (Å²) < 4.78 is 0. The molecule has 4 nitrogen and oxygen atoms in total. The molecule has 2 fully saturated rings. The molecule has 0 atom stereocenters. The molecule has 0 unspecified atom stereocenters. The number of hydrogen-bond acceptors (Lipinski definition) is 2. The van der Waals surface area contributed by atoms with Crippen LogP contribution in [0, 0.1) is 11.8 Å². The Bertz CT molecular complexity index is 316. The van der Waals surface area contributed by atoms with Crippen molar-refractivity contribution in [2.75, 3.05) is 20.1 Å². The molecule has 108 valence electrons. The fraction of sp³-hybridized carbons (Fsp3) is 0.867. The first-order chi connectivity index (χ1) is 9.20. The van der Waals surface area contributed by atoms with Gasteiger partial charge in [0.2, 0.25) is 11.8 Å². The lowest BCUT2D eigenvalue weighted by Gasteiger charge is -2.31. The molecule has 0 bridgehead atoms. The summed E-state index contributed by atoms with van der Waals surface area (Å²) in [4.78, 5) is 25.6. The van der Waals surface area contributed by atoms with Crippen LogP contribution in [0.5, 0.6) is 0 Å². The fourth-order valence-corrected chi connectivity index (χ4v) is 3.38. The van der Waals surface area contributed by atoms with Gasteiger partial charge in [0.05, 0.1) is 0 Å². The number of piperidine rings is 1. The predicted octanol–water partition coefficient (Wildman–Crippen LogP) is 1.94. The molecule has 0 aromatic rings. The Hall–Kier alpha value is -1.06. The van der Waals surface area contributed by atoms with E-state index in [1.54, 1.807) is 7.05 Å². The highest BCUT2D eigenvalue weighted by Crippen LogP contribution is 2.29. The second-order valence-corrected chi connectivity index (χ2v) is 5.96. The Morgan fingerprint density at radius 1 is 1.11 bits per heavy atom. The van der Waals surface area contributed by atoms with Crippen molar-refractivity contribution < 1.29 is 9.59 Å². The van der Waals surface area contributed by atoms with E-state index in [9.17, 15) is 9.59 Å². The number of carbonyl (C=O) groups is 2. The van der Waals surface area contributed by atoms with E-state index < -0.39 is 0 Å². The summed E-state index contributed by atoms with van der Waals surface area (Å²) in [7, 11) is 1.68. The zero-order valence-electron chi connectivity index (χ0n) is 12.0. The van der Waals surface area contributed by atoms with Crippen molar-refractivity contribution in [2.24, 2.45) is 11.8 Å². The lowest BCUT2D eigenvalue weighted by molar-refractivity contribution is -0.135. The van der Waals surface area contributed by atoms with Gasteiger partial charge < -0.3 is 10.2 Å². The van der Waals surface area contributed by atoms with Crippen LogP contribution >= 0.6 is 0 Å². The first kappa shape index (κ1) is 14.4. The SMILES string of the molecule is CNC(=O)C1CCN(C(=O)CCC2CCCC2)CC1. The van der Waals surface area contributed by atoms with Gasteiger partial charge in [-0.05, 0) is 25.2 Å². The van der Waals surface area contributed by atoms with E-state index in [1.165, 1.54) is 25.7 Å². The molecule has 0 spiro atoms. The van der Waals surface area contributed by atoms with Crippen LogP contribution in [0.2, 0.25) is 0 Å². The minimum atomic E-state index is 0.101. The second kappa shape index (κ2) is 6.92. The van der Waals surface area contributed by atoms with Crippen molar-refractivity contribution in [1.29, 1.82) is 0 Å². The van der Waals surface area contributed by atoms with Gasteiger partial charge >= 0.3 is 0 Å². The molecule has 4 heteroatoms. The van der Waals surface area contributed by atoms with Crippen molar-refractivity contribution in [3.05, 3.63) is 0 Å². The van der Waals surface area contributed by atoms with Crippen LogP contribution in [0.1, 0.15) is 51.4 Å². The van der Waals surface area contributed by atoms with Crippen LogP contribution in [-0.4, -0.2) is 36.9 Å². The quantitative estimate of drug-likeness (QED) is 0.845. The Morgan fingerprint density at radius 2 is 1.74 bits per heavy atom. The second-order valence-electron chi connectivity index (χ2n) is 5.96. The maximum atomic E-state index is 12.1. The summed E-state index contributed by atoms with van der Waals surface area (Å²) in [5.41, 5.74) is 0. The van der Waals surface area contributed by atoms with E-state index in [1.807, 2.05) is 4.90 Å². The van der Waals surface area contributed by atoms with Crippen molar-refractivity contribution in [1.82, 2.24) is 10.2 Å². The number of rotatable bonds is 4. The van der Waals surface area contributed by atoms with Gasteiger partial charge in [0, 0.05) is 32.5 Å². The Labute approximate surface area is 115 Å². The van der Waals surface area contributed by atoms with Gasteiger partial charge in [-0.15, -0.1) is 0 Å². The van der Waals surface area contributed by atoms with Gasteiger partial charge in [-0.3, -0.25) is 9.59 Å². The van der Waals surface area contributed by atoms with Crippen LogP contribution in [0.4, 0.5) is 0 Å². The molecule has 2 rings (SSSR count). The van der Waals surface area contributed by atoms with Crippen LogP contribution in [-0.2, 0) is 9.59 Å². The summed E-state index contributed by atoms with van der Waals surface area (Å²) in [5.74, 6) is 1.30. The lowest BCUT2D eigenvalue weighted by atomic mass is 9.95. The normalized spacial score (nSPS) is 21.6. The molecule has 2 amide bonds. The molecule has 1 saturated heterocycles. The summed E-state index contributed by atoms with van der Waals surface area (Å²) >= 11 is 0. The molecule has 2 aliphatic rings. The third-order valence-corrected chi connectivity index (χ3v) is 4.71. The van der Waals surface area contributed by atoms with Crippen molar-refractivity contribution in [2.45, 2.75) is 51.4 Å². The van der Waals surface area contributed by atoms with Gasteiger partial charge in [-0.25, -0.2) is 0 Å². The topological polar surface area (TPSA) is 49.4 Å². The zero-order chi connectivity index (χ0) is 13.7. The lowest BCUT2D eigenvalue weighted by Crippen LogP contribution is -2.42. The number of carbonyl (C=O) groups excluding carboxylic acids is 2. The Morgan fingerprint density at radius 3 is 2.32 bits per heavy atom. The number of hydrogen-bond donors (Lipinski definition) is 1. The molecular weight excluding hydrogens is 240 g/mol. The minimum absolute atomic E-state index is 0.101. The standard InChI is InChI=1S/C15H26N2O2/c1-16-15(19)13-8-10-17(11-9-13)14(18)7-6-12-4-2-3-5-12/h12-13H,2-11H2,1H3,(H,16,19). The molecule has 1 heterocycles. The summed E-state index contributed by atoms with van der Waals surface area (Å²) in [6.45, 7) is 1.50. The predicted molar refractivity (Wildman–Crippen MR) is 74.6 cm³/mol. The molecular formula is C15H26N2O2. The Balaban J connectivity index is 1.68.